The van der Waals surface area contributed by atoms with E-state index in [1.54, 1.807) is 13.3 Å². The first-order valence-electron chi connectivity index (χ1n) is 8.41. The summed E-state index contributed by atoms with van der Waals surface area (Å²) in [5, 5.41) is 8.44. The van der Waals surface area contributed by atoms with Gasteiger partial charge in [0.1, 0.15) is 17.7 Å². The third-order valence-electron chi connectivity index (χ3n) is 4.57. The Morgan fingerprint density at radius 1 is 1.31 bits per heavy atom. The van der Waals surface area contributed by atoms with E-state index in [1.165, 1.54) is 0 Å². The van der Waals surface area contributed by atoms with E-state index < -0.39 is 6.17 Å². The molecule has 0 aliphatic carbocycles. The van der Waals surface area contributed by atoms with Gasteiger partial charge in [-0.1, -0.05) is 12.1 Å². The number of aromatic nitrogens is 4. The van der Waals surface area contributed by atoms with Crippen LogP contribution in [0.3, 0.4) is 0 Å². The number of hydrogen-bond acceptors (Lipinski definition) is 5. The molecule has 0 spiro atoms. The van der Waals surface area contributed by atoms with E-state index in [9.17, 15) is 4.39 Å². The molecule has 0 radical (unpaired) electrons. The number of piperidine rings is 1. The smallest absolute Gasteiger partial charge is 0.184 e. The highest BCUT2D eigenvalue weighted by Crippen LogP contribution is 2.26. The SMILES string of the molecule is COc1ccc(Cn2cc3cnc(C4CCNCC4F)nc3n2)cc1.Cl. The van der Waals surface area contributed by atoms with Gasteiger partial charge < -0.3 is 10.1 Å². The number of halogens is 2. The van der Waals surface area contributed by atoms with Crippen LogP contribution in [-0.2, 0) is 6.54 Å². The highest BCUT2D eigenvalue weighted by Gasteiger charge is 2.28. The van der Waals surface area contributed by atoms with E-state index in [0.717, 1.165) is 23.2 Å². The summed E-state index contributed by atoms with van der Waals surface area (Å²) in [5.74, 6) is 1.13. The lowest BCUT2D eigenvalue weighted by atomic mass is 9.95. The van der Waals surface area contributed by atoms with Crippen LogP contribution in [0, 0.1) is 0 Å². The van der Waals surface area contributed by atoms with Crippen molar-refractivity contribution in [1.29, 1.82) is 0 Å². The van der Waals surface area contributed by atoms with Gasteiger partial charge in [-0.15, -0.1) is 12.4 Å². The monoisotopic (exact) mass is 377 g/mol. The van der Waals surface area contributed by atoms with E-state index in [1.807, 2.05) is 35.1 Å². The molecular weight excluding hydrogens is 357 g/mol. The molecule has 1 N–H and O–H groups in total. The summed E-state index contributed by atoms with van der Waals surface area (Å²) in [4.78, 5) is 8.88. The highest BCUT2D eigenvalue weighted by molar-refractivity contribution is 5.85. The van der Waals surface area contributed by atoms with Gasteiger partial charge in [0.25, 0.3) is 0 Å². The van der Waals surface area contributed by atoms with Crippen LogP contribution in [0.15, 0.2) is 36.7 Å². The van der Waals surface area contributed by atoms with Crippen molar-refractivity contribution in [3.05, 3.63) is 48.0 Å². The average Bonchev–Trinajstić information content (AvgIpc) is 3.04. The molecule has 4 rings (SSSR count). The Bertz CT molecular complexity index is 870. The van der Waals surface area contributed by atoms with Crippen molar-refractivity contribution in [3.63, 3.8) is 0 Å². The highest BCUT2D eigenvalue weighted by atomic mass is 35.5. The number of alkyl halides is 1. The normalized spacial score (nSPS) is 19.9. The zero-order valence-corrected chi connectivity index (χ0v) is 15.2. The quantitative estimate of drug-likeness (QED) is 0.757. The molecule has 1 aliphatic rings. The number of hydrogen-bond donors (Lipinski definition) is 1. The number of benzene rings is 1. The molecule has 1 aromatic carbocycles. The zero-order valence-electron chi connectivity index (χ0n) is 14.4. The summed E-state index contributed by atoms with van der Waals surface area (Å²) in [5.41, 5.74) is 1.73. The molecule has 26 heavy (non-hydrogen) atoms. The Labute approximate surface area is 157 Å². The van der Waals surface area contributed by atoms with Gasteiger partial charge in [0, 0.05) is 18.9 Å². The first-order chi connectivity index (χ1) is 12.2. The fraction of sp³-hybridized carbons (Fsp3) is 0.389. The van der Waals surface area contributed by atoms with Crippen LogP contribution in [0.25, 0.3) is 11.0 Å². The molecule has 8 heteroatoms. The number of nitrogens with zero attached hydrogens (tertiary/aromatic N) is 4. The molecule has 3 aromatic rings. The molecule has 6 nitrogen and oxygen atoms in total. The predicted molar refractivity (Wildman–Crippen MR) is 99.8 cm³/mol. The van der Waals surface area contributed by atoms with Gasteiger partial charge in [0.15, 0.2) is 5.65 Å². The van der Waals surface area contributed by atoms with E-state index in [0.29, 0.717) is 31.0 Å². The van der Waals surface area contributed by atoms with E-state index in [4.69, 9.17) is 4.74 Å². The van der Waals surface area contributed by atoms with Crippen molar-refractivity contribution in [2.45, 2.75) is 25.1 Å². The summed E-state index contributed by atoms with van der Waals surface area (Å²) < 4.78 is 21.1. The van der Waals surface area contributed by atoms with Gasteiger partial charge in [-0.3, -0.25) is 4.68 Å². The summed E-state index contributed by atoms with van der Waals surface area (Å²) in [6, 6.07) is 7.86. The first kappa shape index (κ1) is 18.5. The maximum atomic E-state index is 14.1. The largest absolute Gasteiger partial charge is 0.497 e. The summed E-state index contributed by atoms with van der Waals surface area (Å²) in [7, 11) is 1.65. The first-order valence-corrected chi connectivity index (χ1v) is 8.41. The molecule has 1 saturated heterocycles. The lowest BCUT2D eigenvalue weighted by Crippen LogP contribution is -2.37. The second-order valence-electron chi connectivity index (χ2n) is 6.30. The Morgan fingerprint density at radius 2 is 2.12 bits per heavy atom. The Balaban J connectivity index is 0.00000196. The summed E-state index contributed by atoms with van der Waals surface area (Å²) >= 11 is 0. The summed E-state index contributed by atoms with van der Waals surface area (Å²) in [6.07, 6.45) is 3.41. The molecule has 3 heterocycles. The molecule has 0 saturated carbocycles. The summed E-state index contributed by atoms with van der Waals surface area (Å²) in [6.45, 7) is 1.78. The molecule has 2 aromatic heterocycles. The van der Waals surface area contributed by atoms with Crippen molar-refractivity contribution >= 4 is 23.4 Å². The maximum absolute atomic E-state index is 14.1. The molecule has 138 valence electrons. The predicted octanol–water partition coefficient (Wildman–Crippen LogP) is 2.72. The number of nitrogens with one attached hydrogen (secondary N) is 1. The average molecular weight is 378 g/mol. The van der Waals surface area contributed by atoms with Crippen molar-refractivity contribution in [2.75, 3.05) is 20.2 Å². The Kier molecular flexibility index (Phi) is 5.68. The van der Waals surface area contributed by atoms with Crippen molar-refractivity contribution < 1.29 is 9.13 Å². The second kappa shape index (κ2) is 7.97. The fourth-order valence-corrected chi connectivity index (χ4v) is 3.17. The second-order valence-corrected chi connectivity index (χ2v) is 6.30. The van der Waals surface area contributed by atoms with Crippen LogP contribution in [-0.4, -0.2) is 46.1 Å². The van der Waals surface area contributed by atoms with E-state index in [-0.39, 0.29) is 18.3 Å². The standard InChI is InChI=1S/C18H20FN5O.ClH/c1-25-14-4-2-12(3-5-14)10-24-11-13-8-21-18(22-17(13)23-24)15-6-7-20-9-16(15)19;/h2-5,8,11,15-16,20H,6-7,9-10H2,1H3;1H. The lowest BCUT2D eigenvalue weighted by molar-refractivity contribution is 0.225. The van der Waals surface area contributed by atoms with Gasteiger partial charge in [0.2, 0.25) is 0 Å². The van der Waals surface area contributed by atoms with Crippen LogP contribution in [0.1, 0.15) is 23.7 Å². The van der Waals surface area contributed by atoms with Crippen LogP contribution in [0.5, 0.6) is 5.75 Å². The van der Waals surface area contributed by atoms with Gasteiger partial charge in [-0.2, -0.15) is 5.10 Å². The van der Waals surface area contributed by atoms with Gasteiger partial charge in [0.05, 0.1) is 25.0 Å². The van der Waals surface area contributed by atoms with Crippen LogP contribution >= 0.6 is 12.4 Å². The minimum atomic E-state index is -0.951. The fourth-order valence-electron chi connectivity index (χ4n) is 3.17. The third kappa shape index (κ3) is 3.78. The molecule has 1 aliphatic heterocycles. The molecule has 0 amide bonds. The van der Waals surface area contributed by atoms with Gasteiger partial charge >= 0.3 is 0 Å². The minimum absolute atomic E-state index is 0. The van der Waals surface area contributed by atoms with Gasteiger partial charge in [-0.05, 0) is 30.7 Å². The topological polar surface area (TPSA) is 64.9 Å². The van der Waals surface area contributed by atoms with E-state index >= 15 is 0 Å². The lowest BCUT2D eigenvalue weighted by Gasteiger charge is -2.25. The van der Waals surface area contributed by atoms with Crippen LogP contribution in [0.4, 0.5) is 4.39 Å². The maximum Gasteiger partial charge on any atom is 0.184 e. The van der Waals surface area contributed by atoms with Gasteiger partial charge in [-0.25, -0.2) is 14.4 Å². The minimum Gasteiger partial charge on any atom is -0.497 e. The molecule has 1 fully saturated rings. The molecular formula is C18H21ClFN5O. The molecule has 2 atom stereocenters. The van der Waals surface area contributed by atoms with E-state index in [2.05, 4.69) is 20.4 Å². The third-order valence-corrected chi connectivity index (χ3v) is 4.57. The van der Waals surface area contributed by atoms with Crippen LogP contribution in [0.2, 0.25) is 0 Å². The van der Waals surface area contributed by atoms with Crippen LogP contribution < -0.4 is 10.1 Å². The van der Waals surface area contributed by atoms with Crippen molar-refractivity contribution in [2.24, 2.45) is 0 Å². The van der Waals surface area contributed by atoms with Crippen molar-refractivity contribution in [1.82, 2.24) is 25.1 Å². The number of fused-ring (bicyclic) bond motifs is 1. The Morgan fingerprint density at radius 3 is 2.85 bits per heavy atom. The number of ether oxygens (including phenoxy) is 1. The molecule has 2 unspecified atom stereocenters. The number of methoxy groups -OCH3 is 1. The zero-order chi connectivity index (χ0) is 17.2. The van der Waals surface area contributed by atoms with Crippen molar-refractivity contribution in [3.8, 4) is 5.75 Å². The molecule has 0 bridgehead atoms. The Hall–Kier alpha value is -2.25. The number of rotatable bonds is 4.